The number of hydrogen-bond acceptors (Lipinski definition) is 2. The number of rotatable bonds is 3. The van der Waals surface area contributed by atoms with E-state index in [4.69, 9.17) is 0 Å². The molecule has 0 aromatic heterocycles. The summed E-state index contributed by atoms with van der Waals surface area (Å²) in [5.74, 6) is 3.23. The minimum absolute atomic E-state index is 0.0106. The summed E-state index contributed by atoms with van der Waals surface area (Å²) >= 11 is 0. The van der Waals surface area contributed by atoms with Gasteiger partial charge in [0.25, 0.3) is 0 Å². The third kappa shape index (κ3) is 1.44. The van der Waals surface area contributed by atoms with E-state index in [0.29, 0.717) is 47.1 Å². The maximum absolute atomic E-state index is 13.2. The first kappa shape index (κ1) is 14.9. The van der Waals surface area contributed by atoms with Crippen LogP contribution in [0.5, 0.6) is 0 Å². The largest absolute Gasteiger partial charge is 0.416 e. The highest BCUT2D eigenvalue weighted by atomic mass is 19.4. The number of carbonyl (C=O) groups is 1. The van der Waals surface area contributed by atoms with E-state index >= 15 is 0 Å². The van der Waals surface area contributed by atoms with E-state index in [2.05, 4.69) is 35.2 Å². The van der Waals surface area contributed by atoms with Gasteiger partial charge in [-0.25, -0.2) is 0 Å². The summed E-state index contributed by atoms with van der Waals surface area (Å²) in [7, 11) is 0. The maximum Gasteiger partial charge on any atom is 0.416 e. The van der Waals surface area contributed by atoms with E-state index in [9.17, 15) is 18.0 Å². The molecule has 1 aromatic carbocycles. The fourth-order valence-electron chi connectivity index (χ4n) is 7.15. The van der Waals surface area contributed by atoms with Gasteiger partial charge >= 0.3 is 6.18 Å². The molecule has 7 rings (SSSR count). The van der Waals surface area contributed by atoms with E-state index in [1.54, 1.807) is 0 Å². The Hall–Kier alpha value is -2.24. The SMILES string of the molecule is O=C(NNc1ccc(C(F)(F)F)cc1)C12C3C=CC4C3C3C(C=CC31)C42. The molecule has 8 bridgehead atoms. The number of anilines is 1. The summed E-state index contributed by atoms with van der Waals surface area (Å²) in [6.45, 7) is 0. The van der Waals surface area contributed by atoms with Gasteiger partial charge in [-0.1, -0.05) is 24.3 Å². The summed E-state index contributed by atoms with van der Waals surface area (Å²) < 4.78 is 38.0. The molecule has 0 spiro atoms. The van der Waals surface area contributed by atoms with Crippen LogP contribution in [0, 0.1) is 46.8 Å². The third-order valence-electron chi connectivity index (χ3n) is 7.65. The Balaban J connectivity index is 1.24. The highest BCUT2D eigenvalue weighted by Gasteiger charge is 2.84. The lowest BCUT2D eigenvalue weighted by Crippen LogP contribution is -2.52. The molecule has 6 heteroatoms. The predicted molar refractivity (Wildman–Crippen MR) is 88.4 cm³/mol. The number of benzene rings is 1. The van der Waals surface area contributed by atoms with Crippen molar-refractivity contribution in [1.29, 1.82) is 0 Å². The monoisotopic (exact) mass is 358 g/mol. The summed E-state index contributed by atoms with van der Waals surface area (Å²) in [5, 5.41) is 0. The highest BCUT2D eigenvalue weighted by molar-refractivity contribution is 5.88. The van der Waals surface area contributed by atoms with Gasteiger partial charge in [-0.15, -0.1) is 0 Å². The first-order valence-electron chi connectivity index (χ1n) is 9.04. The average Bonchev–Trinajstić information content (AvgIpc) is 3.39. The molecule has 0 heterocycles. The second-order valence-electron chi connectivity index (χ2n) is 8.24. The van der Waals surface area contributed by atoms with E-state index in [-0.39, 0.29) is 11.3 Å². The van der Waals surface area contributed by atoms with Crippen molar-refractivity contribution in [2.75, 3.05) is 5.43 Å². The molecule has 0 aliphatic heterocycles. The Bertz CT molecular complexity index is 840. The van der Waals surface area contributed by atoms with Crippen LogP contribution in [-0.4, -0.2) is 5.91 Å². The Morgan fingerprint density at radius 3 is 2.04 bits per heavy atom. The van der Waals surface area contributed by atoms with Crippen LogP contribution >= 0.6 is 0 Å². The summed E-state index contributed by atoms with van der Waals surface area (Å²) in [6.07, 6.45) is 4.70. The molecule has 0 saturated heterocycles. The van der Waals surface area contributed by atoms with Crippen molar-refractivity contribution >= 4 is 11.6 Å². The predicted octanol–water partition coefficient (Wildman–Crippen LogP) is 3.63. The topological polar surface area (TPSA) is 41.1 Å². The number of halogens is 3. The summed E-state index contributed by atoms with van der Waals surface area (Å²) in [4.78, 5) is 13.2. The molecule has 26 heavy (non-hydrogen) atoms. The molecule has 4 fully saturated rings. The molecule has 3 nitrogen and oxygen atoms in total. The maximum atomic E-state index is 13.2. The Morgan fingerprint density at radius 2 is 1.50 bits per heavy atom. The smallest absolute Gasteiger partial charge is 0.299 e. The number of amides is 1. The lowest BCUT2D eigenvalue weighted by Gasteiger charge is -2.41. The molecular formula is C20H17F3N2O. The number of alkyl halides is 3. The van der Waals surface area contributed by atoms with Gasteiger partial charge in [0.1, 0.15) is 0 Å². The quantitative estimate of drug-likeness (QED) is 0.640. The number of allylic oxidation sites excluding steroid dienone is 4. The molecule has 4 saturated carbocycles. The number of hydrazine groups is 1. The summed E-state index contributed by atoms with van der Waals surface area (Å²) in [5.41, 5.74) is 5.01. The lowest BCUT2D eigenvalue weighted by atomic mass is 9.62. The van der Waals surface area contributed by atoms with Crippen LogP contribution in [0.4, 0.5) is 18.9 Å². The molecule has 2 N–H and O–H groups in total. The first-order chi connectivity index (χ1) is 12.4. The van der Waals surface area contributed by atoms with Crippen LogP contribution in [0.15, 0.2) is 48.6 Å². The normalized spacial score (nSPS) is 45.1. The third-order valence-corrected chi connectivity index (χ3v) is 7.65. The van der Waals surface area contributed by atoms with E-state index in [1.165, 1.54) is 12.1 Å². The average molecular weight is 358 g/mol. The fraction of sp³-hybridized carbons (Fsp3) is 0.450. The second-order valence-corrected chi connectivity index (χ2v) is 8.24. The van der Waals surface area contributed by atoms with Crippen LogP contribution in [0.25, 0.3) is 0 Å². The van der Waals surface area contributed by atoms with Crippen molar-refractivity contribution in [3.05, 3.63) is 54.1 Å². The second kappa shape index (κ2) is 4.35. The van der Waals surface area contributed by atoms with Crippen molar-refractivity contribution in [3.63, 3.8) is 0 Å². The minimum Gasteiger partial charge on any atom is -0.299 e. The Labute approximate surface area is 148 Å². The van der Waals surface area contributed by atoms with Gasteiger partial charge in [0.2, 0.25) is 5.91 Å². The number of hydrogen-bond donors (Lipinski definition) is 2. The molecule has 134 valence electrons. The Kier molecular flexibility index (Phi) is 2.49. The van der Waals surface area contributed by atoms with E-state index < -0.39 is 11.7 Å². The Morgan fingerprint density at radius 1 is 0.923 bits per heavy atom. The zero-order valence-electron chi connectivity index (χ0n) is 13.7. The first-order valence-corrected chi connectivity index (χ1v) is 9.04. The van der Waals surface area contributed by atoms with Gasteiger partial charge in [-0.3, -0.25) is 15.6 Å². The minimum atomic E-state index is -4.36. The van der Waals surface area contributed by atoms with Crippen LogP contribution < -0.4 is 10.9 Å². The lowest BCUT2D eigenvalue weighted by molar-refractivity contribution is -0.138. The molecule has 1 aromatic rings. The van der Waals surface area contributed by atoms with Crippen LogP contribution in [0.1, 0.15) is 5.56 Å². The van der Waals surface area contributed by atoms with Crippen LogP contribution in [0.3, 0.4) is 0 Å². The van der Waals surface area contributed by atoms with Crippen molar-refractivity contribution in [1.82, 2.24) is 5.43 Å². The molecule has 6 unspecified atom stereocenters. The van der Waals surface area contributed by atoms with E-state index in [1.807, 2.05) is 0 Å². The van der Waals surface area contributed by atoms with Crippen molar-refractivity contribution in [3.8, 4) is 0 Å². The van der Waals surface area contributed by atoms with E-state index in [0.717, 1.165) is 12.1 Å². The number of nitrogens with one attached hydrogen (secondary N) is 2. The van der Waals surface area contributed by atoms with Crippen molar-refractivity contribution < 1.29 is 18.0 Å². The van der Waals surface area contributed by atoms with Gasteiger partial charge < -0.3 is 0 Å². The van der Waals surface area contributed by atoms with Gasteiger partial charge in [-0.2, -0.15) is 13.2 Å². The zero-order chi connectivity index (χ0) is 17.8. The van der Waals surface area contributed by atoms with Crippen molar-refractivity contribution in [2.45, 2.75) is 6.18 Å². The molecular weight excluding hydrogens is 341 g/mol. The van der Waals surface area contributed by atoms with Crippen LogP contribution in [-0.2, 0) is 11.0 Å². The molecule has 6 aliphatic carbocycles. The molecule has 6 atom stereocenters. The standard InChI is InChI=1S/C20H17F3N2O/c21-20(22,23)9-1-3-10(4-2-9)24-25-18(26)19-13-7-5-11-15(13)16-12(17(11)19)6-8-14(16)19/h1-8,11-17,24H,(H,25,26). The molecule has 0 radical (unpaired) electrons. The zero-order valence-corrected chi connectivity index (χ0v) is 13.7. The molecule has 6 aliphatic rings. The van der Waals surface area contributed by atoms with Gasteiger partial charge in [0.15, 0.2) is 0 Å². The fourth-order valence-corrected chi connectivity index (χ4v) is 7.15. The molecule has 1 amide bonds. The summed E-state index contributed by atoms with van der Waals surface area (Å²) in [6, 6.07) is 4.70. The van der Waals surface area contributed by atoms with Gasteiger partial charge in [0, 0.05) is 0 Å². The van der Waals surface area contributed by atoms with Gasteiger partial charge in [0.05, 0.1) is 16.7 Å². The highest BCUT2D eigenvalue weighted by Crippen LogP contribution is 2.84. The number of carbonyl (C=O) groups excluding carboxylic acids is 1. The van der Waals surface area contributed by atoms with Gasteiger partial charge in [-0.05, 0) is 65.7 Å². The van der Waals surface area contributed by atoms with Crippen molar-refractivity contribution in [2.24, 2.45) is 46.8 Å². The van der Waals surface area contributed by atoms with Crippen LogP contribution in [0.2, 0.25) is 0 Å².